The lowest BCUT2D eigenvalue weighted by Crippen LogP contribution is -2.35. The van der Waals surface area contributed by atoms with Crippen LogP contribution in [0, 0.1) is 16.7 Å². The second kappa shape index (κ2) is 9.51. The quantitative estimate of drug-likeness (QED) is 0.422. The number of halogens is 5. The normalized spacial score (nSPS) is 18.3. The highest BCUT2D eigenvalue weighted by atomic mass is 79.9. The molecule has 1 aliphatic heterocycles. The summed E-state index contributed by atoms with van der Waals surface area (Å²) in [5.74, 6) is 0. The van der Waals surface area contributed by atoms with E-state index in [1.807, 2.05) is 6.92 Å². The van der Waals surface area contributed by atoms with Gasteiger partial charge in [-0.25, -0.2) is 9.80 Å². The fourth-order valence-corrected chi connectivity index (χ4v) is 4.13. The van der Waals surface area contributed by atoms with Crippen molar-refractivity contribution in [2.45, 2.75) is 32.4 Å². The maximum atomic E-state index is 13.1. The average Bonchev–Trinajstić information content (AvgIpc) is 3.06. The number of carbonyl (C=O) groups excluding carboxylic acids is 1. The lowest BCUT2D eigenvalue weighted by atomic mass is 9.78. The number of urea groups is 1. The van der Waals surface area contributed by atoms with Gasteiger partial charge in [0.05, 0.1) is 28.9 Å². The Morgan fingerprint density at radius 1 is 1.31 bits per heavy atom. The van der Waals surface area contributed by atoms with Gasteiger partial charge in [0, 0.05) is 22.0 Å². The van der Waals surface area contributed by atoms with E-state index in [4.69, 9.17) is 16.9 Å². The minimum Gasteiger partial charge on any atom is -0.306 e. The topological polar surface area (TPSA) is 68.5 Å². The average molecular weight is 528 g/mol. The third kappa shape index (κ3) is 5.43. The van der Waals surface area contributed by atoms with E-state index in [0.29, 0.717) is 36.2 Å². The van der Waals surface area contributed by atoms with Crippen LogP contribution in [0.4, 0.5) is 23.7 Å². The molecule has 2 amide bonds. The van der Waals surface area contributed by atoms with Crippen LogP contribution in [0.15, 0.2) is 52.0 Å². The largest absolute Gasteiger partial charge is 0.417 e. The van der Waals surface area contributed by atoms with Crippen molar-refractivity contribution in [3.05, 3.63) is 63.1 Å². The third-order valence-electron chi connectivity index (χ3n) is 5.19. The molecule has 10 heteroatoms. The van der Waals surface area contributed by atoms with Gasteiger partial charge in [-0.05, 0) is 54.8 Å². The minimum atomic E-state index is -4.57. The Morgan fingerprint density at radius 3 is 2.59 bits per heavy atom. The number of unbranched alkanes of at least 4 members (excludes halogenated alkanes) is 1. The molecule has 0 saturated carbocycles. The molecule has 0 saturated heterocycles. The molecular weight excluding hydrogens is 509 g/mol. The first-order valence-electron chi connectivity index (χ1n) is 9.71. The Morgan fingerprint density at radius 2 is 2.00 bits per heavy atom. The molecule has 1 atom stereocenters. The molecule has 1 aliphatic rings. The number of amides is 2. The molecular formula is C22H19BrClF3N4O. The summed E-state index contributed by atoms with van der Waals surface area (Å²) in [5.41, 5.74) is -0.154. The number of hydrogen-bond donors (Lipinski definition) is 1. The summed E-state index contributed by atoms with van der Waals surface area (Å²) < 4.78 is 40.2. The van der Waals surface area contributed by atoms with Crippen LogP contribution in [0.25, 0.3) is 0 Å². The molecule has 0 fully saturated rings. The predicted molar refractivity (Wildman–Crippen MR) is 120 cm³/mol. The number of benzene rings is 2. The van der Waals surface area contributed by atoms with Gasteiger partial charge in [0.2, 0.25) is 0 Å². The van der Waals surface area contributed by atoms with Crippen molar-refractivity contribution in [3.8, 4) is 6.07 Å². The van der Waals surface area contributed by atoms with E-state index >= 15 is 0 Å². The number of rotatable bonds is 5. The summed E-state index contributed by atoms with van der Waals surface area (Å²) >= 11 is 9.25. The number of carbonyl (C=O) groups is 1. The highest BCUT2D eigenvalue weighted by Crippen LogP contribution is 2.39. The second-order valence-electron chi connectivity index (χ2n) is 7.71. The van der Waals surface area contributed by atoms with E-state index in [2.05, 4.69) is 32.4 Å². The molecule has 32 heavy (non-hydrogen) atoms. The minimum absolute atomic E-state index is 0.217. The van der Waals surface area contributed by atoms with Gasteiger partial charge in [-0.2, -0.15) is 23.5 Å². The molecule has 1 unspecified atom stereocenters. The number of alkyl halides is 3. The van der Waals surface area contributed by atoms with E-state index in [1.165, 1.54) is 17.1 Å². The Balaban J connectivity index is 1.91. The molecule has 1 N–H and O–H groups in total. The van der Waals surface area contributed by atoms with Crippen molar-refractivity contribution in [2.24, 2.45) is 10.5 Å². The van der Waals surface area contributed by atoms with E-state index in [9.17, 15) is 18.0 Å². The van der Waals surface area contributed by atoms with Crippen LogP contribution in [0.5, 0.6) is 0 Å². The summed E-state index contributed by atoms with van der Waals surface area (Å²) in [6.45, 7) is 2.09. The molecule has 2 aromatic carbocycles. The number of hydrogen-bond acceptors (Lipinski definition) is 3. The first kappa shape index (κ1) is 24.1. The number of nitriles is 1. The molecule has 0 bridgehead atoms. The number of anilines is 1. The lowest BCUT2D eigenvalue weighted by molar-refractivity contribution is -0.137. The fraction of sp³-hybridized carbons (Fsp3) is 0.318. The zero-order valence-corrected chi connectivity index (χ0v) is 19.4. The summed E-state index contributed by atoms with van der Waals surface area (Å²) in [4.78, 5) is 12.8. The smallest absolute Gasteiger partial charge is 0.306 e. The first-order chi connectivity index (χ1) is 15.0. The first-order valence-corrected chi connectivity index (χ1v) is 10.9. The molecule has 3 rings (SSSR count). The van der Waals surface area contributed by atoms with Gasteiger partial charge in [-0.15, -0.1) is 0 Å². The highest BCUT2D eigenvalue weighted by molar-refractivity contribution is 9.10. The van der Waals surface area contributed by atoms with Gasteiger partial charge < -0.3 is 5.32 Å². The van der Waals surface area contributed by atoms with Crippen LogP contribution < -0.4 is 5.32 Å². The van der Waals surface area contributed by atoms with Crippen LogP contribution in [-0.2, 0) is 6.18 Å². The molecule has 0 radical (unpaired) electrons. The molecule has 5 nitrogen and oxygen atoms in total. The van der Waals surface area contributed by atoms with Crippen molar-refractivity contribution in [3.63, 3.8) is 0 Å². The molecule has 0 aliphatic carbocycles. The zero-order chi connectivity index (χ0) is 23.5. The summed E-state index contributed by atoms with van der Waals surface area (Å²) in [7, 11) is 0. The third-order valence-corrected chi connectivity index (χ3v) is 6.03. The van der Waals surface area contributed by atoms with E-state index in [-0.39, 0.29) is 6.54 Å². The van der Waals surface area contributed by atoms with Gasteiger partial charge in [-0.3, -0.25) is 0 Å². The van der Waals surface area contributed by atoms with Gasteiger partial charge in [-0.1, -0.05) is 40.5 Å². The summed E-state index contributed by atoms with van der Waals surface area (Å²) in [6, 6.07) is 12.1. The van der Waals surface area contributed by atoms with Crippen molar-refractivity contribution in [1.29, 1.82) is 5.26 Å². The monoisotopic (exact) mass is 526 g/mol. The van der Waals surface area contributed by atoms with Crippen LogP contribution in [0.3, 0.4) is 0 Å². The highest BCUT2D eigenvalue weighted by Gasteiger charge is 2.42. The number of hydrazone groups is 1. The SMILES string of the molecule is CC1(CCCC#N)CN(C(=O)Nc2ccc(Br)cc2)N=C1c1ccc(C(F)(F)F)c(Cl)c1. The maximum absolute atomic E-state index is 13.1. The number of nitrogens with one attached hydrogen (secondary N) is 1. The van der Waals surface area contributed by atoms with Crippen LogP contribution in [0.1, 0.15) is 37.3 Å². The van der Waals surface area contributed by atoms with Crippen LogP contribution >= 0.6 is 27.5 Å². The van der Waals surface area contributed by atoms with Gasteiger partial charge >= 0.3 is 12.2 Å². The molecule has 1 heterocycles. The van der Waals surface area contributed by atoms with E-state index in [0.717, 1.165) is 10.5 Å². The summed E-state index contributed by atoms with van der Waals surface area (Å²) in [5, 5.41) is 16.9. The molecule has 0 spiro atoms. The van der Waals surface area contributed by atoms with E-state index < -0.39 is 28.2 Å². The van der Waals surface area contributed by atoms with Crippen molar-refractivity contribution in [1.82, 2.24) is 5.01 Å². The molecule has 2 aromatic rings. The van der Waals surface area contributed by atoms with E-state index in [1.54, 1.807) is 24.3 Å². The Labute approximate surface area is 197 Å². The van der Waals surface area contributed by atoms with Crippen molar-refractivity contribution in [2.75, 3.05) is 11.9 Å². The fourth-order valence-electron chi connectivity index (χ4n) is 3.57. The Kier molecular flexibility index (Phi) is 7.16. The van der Waals surface area contributed by atoms with Crippen LogP contribution in [0.2, 0.25) is 5.02 Å². The standard InChI is InChI=1S/C22H19BrClF3N4O/c1-21(10-2-3-11-28)13-31(20(32)29-16-7-5-15(23)6-8-16)30-19(21)14-4-9-17(18(24)12-14)22(25,26)27/h4-9,12H,2-3,10,13H2,1H3,(H,29,32). The van der Waals surface area contributed by atoms with Crippen molar-refractivity contribution >= 4 is 45.0 Å². The van der Waals surface area contributed by atoms with Crippen LogP contribution in [-0.4, -0.2) is 23.3 Å². The maximum Gasteiger partial charge on any atom is 0.417 e. The second-order valence-corrected chi connectivity index (χ2v) is 9.03. The van der Waals surface area contributed by atoms with Gasteiger partial charge in [0.25, 0.3) is 0 Å². The van der Waals surface area contributed by atoms with Gasteiger partial charge in [0.1, 0.15) is 0 Å². The molecule has 168 valence electrons. The zero-order valence-electron chi connectivity index (χ0n) is 17.0. The molecule has 0 aromatic heterocycles. The van der Waals surface area contributed by atoms with Gasteiger partial charge in [0.15, 0.2) is 0 Å². The van der Waals surface area contributed by atoms with Crippen molar-refractivity contribution < 1.29 is 18.0 Å². The Bertz CT molecular complexity index is 1080. The number of nitrogens with zero attached hydrogens (tertiary/aromatic N) is 3. The Hall–Kier alpha value is -2.57. The summed E-state index contributed by atoms with van der Waals surface area (Å²) in [6.07, 6.45) is -3.16. The predicted octanol–water partition coefficient (Wildman–Crippen LogP) is 7.07. The lowest BCUT2D eigenvalue weighted by Gasteiger charge is -2.26.